The number of nitrogens with zero attached hydrogens (tertiary/aromatic N) is 2. The van der Waals surface area contributed by atoms with Crippen molar-refractivity contribution in [3.63, 3.8) is 0 Å². The maximum atomic E-state index is 6.00. The summed E-state index contributed by atoms with van der Waals surface area (Å²) < 4.78 is 0. The molecule has 2 unspecified atom stereocenters. The smallest absolute Gasteiger partial charge is 0.0270 e. The molecule has 2 N–H and O–H groups in total. The average Bonchev–Trinajstić information content (AvgIpc) is 2.18. The van der Waals surface area contributed by atoms with Crippen LogP contribution in [0.25, 0.3) is 0 Å². The first-order chi connectivity index (χ1) is 6.75. The number of hydrogen-bond donors (Lipinski definition) is 1. The molecule has 0 aromatic carbocycles. The molecule has 2 rings (SSSR count). The summed E-state index contributed by atoms with van der Waals surface area (Å²) >= 11 is 0. The van der Waals surface area contributed by atoms with Crippen molar-refractivity contribution in [2.75, 3.05) is 20.1 Å². The van der Waals surface area contributed by atoms with Gasteiger partial charge in [-0.05, 0) is 37.1 Å². The number of rotatable bonds is 1. The number of piperidine rings is 1. The Morgan fingerprint density at radius 1 is 1.36 bits per heavy atom. The first kappa shape index (κ1) is 9.62. The number of aromatic nitrogens is 1. The van der Waals surface area contributed by atoms with Crippen LogP contribution < -0.4 is 5.73 Å². The Kier molecular flexibility index (Phi) is 2.79. The molecule has 0 radical (unpaired) electrons. The Labute approximate surface area is 84.9 Å². The second-order valence-electron chi connectivity index (χ2n) is 4.19. The standard InChI is InChI=1S/C11H17N3/c1-14-7-10(6-11(12)8-14)9-2-4-13-5-3-9/h2-5,10-11H,6-8,12H2,1H3. The molecule has 0 saturated carbocycles. The summed E-state index contributed by atoms with van der Waals surface area (Å²) in [4.78, 5) is 6.34. The molecular formula is C11H17N3. The van der Waals surface area contributed by atoms with E-state index in [1.807, 2.05) is 12.4 Å². The van der Waals surface area contributed by atoms with Gasteiger partial charge >= 0.3 is 0 Å². The summed E-state index contributed by atoms with van der Waals surface area (Å²) in [6.07, 6.45) is 4.80. The van der Waals surface area contributed by atoms with Gasteiger partial charge in [0.2, 0.25) is 0 Å². The van der Waals surface area contributed by atoms with Crippen LogP contribution >= 0.6 is 0 Å². The van der Waals surface area contributed by atoms with Gasteiger partial charge in [0, 0.05) is 31.5 Å². The van der Waals surface area contributed by atoms with Crippen LogP contribution in [0.1, 0.15) is 17.9 Å². The number of likely N-dealkylation sites (N-methyl/N-ethyl adjacent to an activating group) is 1. The number of pyridine rings is 1. The summed E-state index contributed by atoms with van der Waals surface area (Å²) in [5.74, 6) is 0.576. The zero-order valence-corrected chi connectivity index (χ0v) is 8.56. The highest BCUT2D eigenvalue weighted by molar-refractivity contribution is 5.17. The van der Waals surface area contributed by atoms with E-state index in [1.54, 1.807) is 0 Å². The molecule has 3 heteroatoms. The molecule has 76 valence electrons. The van der Waals surface area contributed by atoms with Crippen LogP contribution in [-0.4, -0.2) is 36.1 Å². The molecule has 0 amide bonds. The molecule has 1 fully saturated rings. The summed E-state index contributed by atoms with van der Waals surface area (Å²) in [5.41, 5.74) is 7.36. The van der Waals surface area contributed by atoms with Gasteiger partial charge in [-0.15, -0.1) is 0 Å². The van der Waals surface area contributed by atoms with E-state index < -0.39 is 0 Å². The topological polar surface area (TPSA) is 42.1 Å². The van der Waals surface area contributed by atoms with Crippen molar-refractivity contribution in [1.29, 1.82) is 0 Å². The molecule has 1 aliphatic rings. The zero-order chi connectivity index (χ0) is 9.97. The van der Waals surface area contributed by atoms with E-state index in [1.165, 1.54) is 5.56 Å². The van der Waals surface area contributed by atoms with Gasteiger partial charge in [0.25, 0.3) is 0 Å². The monoisotopic (exact) mass is 191 g/mol. The fraction of sp³-hybridized carbons (Fsp3) is 0.545. The molecule has 1 aliphatic heterocycles. The molecule has 2 heterocycles. The van der Waals surface area contributed by atoms with Gasteiger partial charge in [-0.25, -0.2) is 0 Å². The minimum Gasteiger partial charge on any atom is -0.327 e. The van der Waals surface area contributed by atoms with Crippen molar-refractivity contribution in [2.45, 2.75) is 18.4 Å². The van der Waals surface area contributed by atoms with Crippen LogP contribution in [0, 0.1) is 0 Å². The van der Waals surface area contributed by atoms with Gasteiger partial charge < -0.3 is 10.6 Å². The van der Waals surface area contributed by atoms with E-state index in [0.717, 1.165) is 19.5 Å². The summed E-state index contributed by atoms with van der Waals surface area (Å²) in [6, 6.07) is 4.50. The molecule has 1 aromatic rings. The third kappa shape index (κ3) is 2.11. The van der Waals surface area contributed by atoms with E-state index in [0.29, 0.717) is 12.0 Å². The normalized spacial score (nSPS) is 29.0. The highest BCUT2D eigenvalue weighted by Gasteiger charge is 2.23. The lowest BCUT2D eigenvalue weighted by molar-refractivity contribution is 0.227. The predicted molar refractivity (Wildman–Crippen MR) is 57.1 cm³/mol. The van der Waals surface area contributed by atoms with Crippen LogP contribution in [0.4, 0.5) is 0 Å². The van der Waals surface area contributed by atoms with E-state index in [4.69, 9.17) is 5.73 Å². The Morgan fingerprint density at radius 3 is 2.71 bits per heavy atom. The average molecular weight is 191 g/mol. The Bertz CT molecular complexity index is 276. The zero-order valence-electron chi connectivity index (χ0n) is 8.56. The van der Waals surface area contributed by atoms with Crippen molar-refractivity contribution < 1.29 is 0 Å². The van der Waals surface area contributed by atoms with Crippen molar-refractivity contribution >= 4 is 0 Å². The Morgan fingerprint density at radius 2 is 2.07 bits per heavy atom. The molecule has 1 saturated heterocycles. The van der Waals surface area contributed by atoms with Gasteiger partial charge in [0.05, 0.1) is 0 Å². The molecule has 0 spiro atoms. The van der Waals surface area contributed by atoms with E-state index in [2.05, 4.69) is 29.1 Å². The van der Waals surface area contributed by atoms with Gasteiger partial charge in [-0.3, -0.25) is 4.98 Å². The maximum Gasteiger partial charge on any atom is 0.0270 e. The van der Waals surface area contributed by atoms with Gasteiger partial charge in [0.1, 0.15) is 0 Å². The molecular weight excluding hydrogens is 174 g/mol. The number of hydrogen-bond acceptors (Lipinski definition) is 3. The molecule has 1 aromatic heterocycles. The van der Waals surface area contributed by atoms with Crippen molar-refractivity contribution in [3.8, 4) is 0 Å². The minimum absolute atomic E-state index is 0.312. The van der Waals surface area contributed by atoms with Gasteiger partial charge in [0.15, 0.2) is 0 Å². The molecule has 14 heavy (non-hydrogen) atoms. The van der Waals surface area contributed by atoms with Crippen LogP contribution in [0.5, 0.6) is 0 Å². The minimum atomic E-state index is 0.312. The third-order valence-corrected chi connectivity index (χ3v) is 2.84. The fourth-order valence-electron chi connectivity index (χ4n) is 2.24. The van der Waals surface area contributed by atoms with Crippen LogP contribution in [-0.2, 0) is 0 Å². The van der Waals surface area contributed by atoms with E-state index in [9.17, 15) is 0 Å². The predicted octanol–water partition coefficient (Wildman–Crippen LogP) is 0.828. The van der Waals surface area contributed by atoms with Crippen molar-refractivity contribution in [3.05, 3.63) is 30.1 Å². The highest BCUT2D eigenvalue weighted by Crippen LogP contribution is 2.24. The Hall–Kier alpha value is -0.930. The van der Waals surface area contributed by atoms with Crippen LogP contribution in [0.15, 0.2) is 24.5 Å². The van der Waals surface area contributed by atoms with Crippen molar-refractivity contribution in [1.82, 2.24) is 9.88 Å². The maximum absolute atomic E-state index is 6.00. The van der Waals surface area contributed by atoms with E-state index >= 15 is 0 Å². The van der Waals surface area contributed by atoms with Gasteiger partial charge in [-0.1, -0.05) is 0 Å². The summed E-state index contributed by atoms with van der Waals surface area (Å²) in [7, 11) is 2.13. The molecule has 0 aliphatic carbocycles. The molecule has 3 nitrogen and oxygen atoms in total. The van der Waals surface area contributed by atoms with Gasteiger partial charge in [-0.2, -0.15) is 0 Å². The van der Waals surface area contributed by atoms with Crippen molar-refractivity contribution in [2.24, 2.45) is 5.73 Å². The lowest BCUT2D eigenvalue weighted by atomic mass is 9.89. The quantitative estimate of drug-likeness (QED) is 0.715. The fourth-order valence-corrected chi connectivity index (χ4v) is 2.24. The second-order valence-corrected chi connectivity index (χ2v) is 4.19. The summed E-state index contributed by atoms with van der Waals surface area (Å²) in [6.45, 7) is 2.12. The Balaban J connectivity index is 2.11. The van der Waals surface area contributed by atoms with E-state index in [-0.39, 0.29) is 0 Å². The number of nitrogens with two attached hydrogens (primary N) is 1. The molecule has 0 bridgehead atoms. The molecule has 2 atom stereocenters. The summed E-state index contributed by atoms with van der Waals surface area (Å²) in [5, 5.41) is 0. The largest absolute Gasteiger partial charge is 0.327 e. The highest BCUT2D eigenvalue weighted by atomic mass is 15.1. The van der Waals surface area contributed by atoms with Crippen LogP contribution in [0.2, 0.25) is 0 Å². The SMILES string of the molecule is CN1CC(N)CC(c2ccncc2)C1. The lowest BCUT2D eigenvalue weighted by Gasteiger charge is -2.34. The lowest BCUT2D eigenvalue weighted by Crippen LogP contribution is -2.44. The first-order valence-corrected chi connectivity index (χ1v) is 5.10. The second kappa shape index (κ2) is 4.07. The van der Waals surface area contributed by atoms with Crippen LogP contribution in [0.3, 0.4) is 0 Å². The number of likely N-dealkylation sites (tertiary alicyclic amines) is 1. The first-order valence-electron chi connectivity index (χ1n) is 5.10. The third-order valence-electron chi connectivity index (χ3n) is 2.84.